The molecule has 4 heterocycles. The summed E-state index contributed by atoms with van der Waals surface area (Å²) < 4.78 is 16.3. The van der Waals surface area contributed by atoms with E-state index in [2.05, 4.69) is 15.2 Å². The lowest BCUT2D eigenvalue weighted by molar-refractivity contribution is -0.122. The van der Waals surface area contributed by atoms with E-state index in [1.165, 1.54) is 31.4 Å². The van der Waals surface area contributed by atoms with Crippen LogP contribution in [0.15, 0.2) is 54.9 Å². The molecule has 0 saturated carbocycles. The summed E-state index contributed by atoms with van der Waals surface area (Å²) in [5.41, 5.74) is 3.66. The van der Waals surface area contributed by atoms with Crippen molar-refractivity contribution in [2.45, 2.75) is 32.2 Å². The third-order valence-electron chi connectivity index (χ3n) is 7.23. The summed E-state index contributed by atoms with van der Waals surface area (Å²) in [6.45, 7) is 3.97. The lowest BCUT2D eigenvalue weighted by Gasteiger charge is -2.26. The fourth-order valence-corrected chi connectivity index (χ4v) is 5.54. The van der Waals surface area contributed by atoms with Crippen LogP contribution >= 0.6 is 0 Å². The average molecular weight is 471 g/mol. The van der Waals surface area contributed by atoms with Crippen molar-refractivity contribution in [2.24, 2.45) is 0 Å². The Kier molecular flexibility index (Phi) is 5.49. The van der Waals surface area contributed by atoms with Crippen LogP contribution in [-0.2, 0) is 16.1 Å². The Morgan fingerprint density at radius 2 is 1.63 bits per heavy atom. The van der Waals surface area contributed by atoms with Crippen LogP contribution in [0.1, 0.15) is 36.8 Å². The molecule has 35 heavy (non-hydrogen) atoms. The Morgan fingerprint density at radius 1 is 0.857 bits per heavy atom. The van der Waals surface area contributed by atoms with Crippen LogP contribution in [-0.4, -0.2) is 45.9 Å². The number of likely N-dealkylation sites (tertiary alicyclic amines) is 1. The highest BCUT2D eigenvalue weighted by molar-refractivity contribution is 6.50. The Hall–Kier alpha value is -3.71. The molecule has 0 unspecified atom stereocenters. The van der Waals surface area contributed by atoms with Crippen molar-refractivity contribution in [1.82, 2.24) is 19.8 Å². The highest BCUT2D eigenvalue weighted by Gasteiger charge is 2.35. The second kappa shape index (κ2) is 8.82. The molecule has 1 fully saturated rings. The number of carbonyl (C=O) groups excluding carboxylic acids is 2. The van der Waals surface area contributed by atoms with Crippen molar-refractivity contribution < 1.29 is 14.0 Å². The summed E-state index contributed by atoms with van der Waals surface area (Å²) in [6, 6.07) is 12.3. The first kappa shape index (κ1) is 21.8. The maximum atomic E-state index is 14.3. The number of fused-ring (bicyclic) bond motifs is 2. The van der Waals surface area contributed by atoms with Gasteiger partial charge in [0.05, 0.1) is 16.7 Å². The number of hydrogen-bond acceptors (Lipinski definition) is 3. The number of para-hydroxylation sites is 1. The molecule has 2 aliphatic heterocycles. The van der Waals surface area contributed by atoms with E-state index in [1.54, 1.807) is 12.3 Å². The number of imide groups is 1. The minimum absolute atomic E-state index is 0.322. The third-order valence-corrected chi connectivity index (χ3v) is 7.23. The van der Waals surface area contributed by atoms with Gasteiger partial charge in [0.15, 0.2) is 0 Å². The minimum atomic E-state index is -0.424. The molecule has 6 rings (SSSR count). The smallest absolute Gasteiger partial charge is 0.259 e. The number of aryl methyl sites for hydroxylation is 1. The molecule has 7 heteroatoms. The summed E-state index contributed by atoms with van der Waals surface area (Å²) in [7, 11) is 0. The van der Waals surface area contributed by atoms with Gasteiger partial charge in [0.1, 0.15) is 5.82 Å². The molecule has 0 spiro atoms. The standard InChI is InChI=1S/C28H27FN4O2/c29-18-9-10-20-22(17-33(24(20)15-18)14-6-13-32-11-4-1-5-12-32)26-25(27(34)31-28(26)35)21-16-30-23-8-3-2-7-19(21)23/h2-3,7-10,15-17,30H,1,4-6,11-14H2,(H,31,34,35). The molecule has 2 aromatic carbocycles. The number of nitrogens with zero attached hydrogens (tertiary/aromatic N) is 2. The van der Waals surface area contributed by atoms with Gasteiger partial charge in [0.25, 0.3) is 11.8 Å². The number of halogens is 1. The Bertz CT molecular complexity index is 1490. The number of hydrogen-bond donors (Lipinski definition) is 2. The Balaban J connectivity index is 1.44. The molecule has 0 aliphatic carbocycles. The summed E-state index contributed by atoms with van der Waals surface area (Å²) in [5.74, 6) is -1.16. The maximum absolute atomic E-state index is 14.3. The third kappa shape index (κ3) is 3.86. The van der Waals surface area contributed by atoms with Gasteiger partial charge in [-0.15, -0.1) is 0 Å². The van der Waals surface area contributed by atoms with E-state index in [0.29, 0.717) is 28.8 Å². The highest BCUT2D eigenvalue weighted by atomic mass is 19.1. The van der Waals surface area contributed by atoms with Gasteiger partial charge < -0.3 is 14.5 Å². The van der Waals surface area contributed by atoms with Gasteiger partial charge in [0, 0.05) is 46.4 Å². The number of carbonyl (C=O) groups is 2. The maximum Gasteiger partial charge on any atom is 0.259 e. The van der Waals surface area contributed by atoms with Gasteiger partial charge in [-0.05, 0) is 63.2 Å². The van der Waals surface area contributed by atoms with E-state index in [1.807, 2.05) is 35.0 Å². The van der Waals surface area contributed by atoms with Crippen LogP contribution in [0.2, 0.25) is 0 Å². The monoisotopic (exact) mass is 470 g/mol. The first-order valence-corrected chi connectivity index (χ1v) is 12.3. The van der Waals surface area contributed by atoms with Crippen molar-refractivity contribution in [3.8, 4) is 0 Å². The number of nitrogens with one attached hydrogen (secondary N) is 2. The number of H-pyrrole nitrogens is 1. The quantitative estimate of drug-likeness (QED) is 0.401. The molecule has 2 amide bonds. The molecule has 6 nitrogen and oxygen atoms in total. The summed E-state index contributed by atoms with van der Waals surface area (Å²) in [6.07, 6.45) is 8.40. The first-order chi connectivity index (χ1) is 17.1. The average Bonchev–Trinajstić information content (AvgIpc) is 3.52. The van der Waals surface area contributed by atoms with E-state index in [4.69, 9.17) is 0 Å². The molecule has 4 aromatic rings. The SMILES string of the molecule is O=C1NC(=O)C(c2cn(CCCN3CCCCC3)c3cc(F)ccc23)=C1c1c[nH]c2ccccc12. The van der Waals surface area contributed by atoms with Crippen LogP contribution in [0.5, 0.6) is 0 Å². The number of aromatic nitrogens is 2. The Labute approximate surface area is 202 Å². The van der Waals surface area contributed by atoms with Crippen LogP contribution in [0.4, 0.5) is 4.39 Å². The van der Waals surface area contributed by atoms with Gasteiger partial charge in [-0.2, -0.15) is 0 Å². The Morgan fingerprint density at radius 3 is 2.46 bits per heavy atom. The zero-order chi connectivity index (χ0) is 23.9. The van der Waals surface area contributed by atoms with Crippen molar-refractivity contribution >= 4 is 44.8 Å². The molecule has 2 N–H and O–H groups in total. The number of piperidine rings is 1. The topological polar surface area (TPSA) is 70.1 Å². The van der Waals surface area contributed by atoms with Crippen LogP contribution < -0.4 is 5.32 Å². The van der Waals surface area contributed by atoms with Crippen molar-refractivity contribution in [1.29, 1.82) is 0 Å². The van der Waals surface area contributed by atoms with E-state index in [9.17, 15) is 14.0 Å². The predicted molar refractivity (Wildman–Crippen MR) is 135 cm³/mol. The molecule has 178 valence electrons. The van der Waals surface area contributed by atoms with E-state index < -0.39 is 11.8 Å². The fourth-order valence-electron chi connectivity index (χ4n) is 5.54. The lowest BCUT2D eigenvalue weighted by atomic mass is 9.95. The second-order valence-electron chi connectivity index (χ2n) is 9.43. The largest absolute Gasteiger partial charge is 0.361 e. The molecule has 0 atom stereocenters. The zero-order valence-corrected chi connectivity index (χ0v) is 19.4. The van der Waals surface area contributed by atoms with Crippen LogP contribution in [0.3, 0.4) is 0 Å². The summed E-state index contributed by atoms with van der Waals surface area (Å²) >= 11 is 0. The van der Waals surface area contributed by atoms with Gasteiger partial charge in [-0.25, -0.2) is 4.39 Å². The van der Waals surface area contributed by atoms with Crippen LogP contribution in [0.25, 0.3) is 33.0 Å². The van der Waals surface area contributed by atoms with Crippen molar-refractivity contribution in [3.63, 3.8) is 0 Å². The molecule has 2 aromatic heterocycles. The molecule has 2 aliphatic rings. The van der Waals surface area contributed by atoms with Gasteiger partial charge in [-0.1, -0.05) is 24.6 Å². The number of rotatable bonds is 6. The van der Waals surface area contributed by atoms with E-state index in [-0.39, 0.29) is 5.82 Å². The molecular weight excluding hydrogens is 443 g/mol. The van der Waals surface area contributed by atoms with Crippen molar-refractivity contribution in [3.05, 3.63) is 71.8 Å². The highest BCUT2D eigenvalue weighted by Crippen LogP contribution is 2.38. The molecular formula is C28H27FN4O2. The molecule has 0 radical (unpaired) electrons. The second-order valence-corrected chi connectivity index (χ2v) is 9.43. The zero-order valence-electron chi connectivity index (χ0n) is 19.4. The predicted octanol–water partition coefficient (Wildman–Crippen LogP) is 4.70. The normalized spacial score (nSPS) is 17.2. The first-order valence-electron chi connectivity index (χ1n) is 12.3. The number of benzene rings is 2. The number of aromatic amines is 1. The van der Waals surface area contributed by atoms with E-state index in [0.717, 1.165) is 47.9 Å². The van der Waals surface area contributed by atoms with Crippen LogP contribution in [0, 0.1) is 5.82 Å². The van der Waals surface area contributed by atoms with Gasteiger partial charge >= 0.3 is 0 Å². The van der Waals surface area contributed by atoms with Gasteiger partial charge in [-0.3, -0.25) is 14.9 Å². The van der Waals surface area contributed by atoms with Gasteiger partial charge in [0.2, 0.25) is 0 Å². The fraction of sp³-hybridized carbons (Fsp3) is 0.286. The lowest BCUT2D eigenvalue weighted by Crippen LogP contribution is -2.31. The molecule has 0 bridgehead atoms. The van der Waals surface area contributed by atoms with E-state index >= 15 is 0 Å². The number of amides is 2. The minimum Gasteiger partial charge on any atom is -0.361 e. The van der Waals surface area contributed by atoms with Crippen molar-refractivity contribution in [2.75, 3.05) is 19.6 Å². The summed E-state index contributed by atoms with van der Waals surface area (Å²) in [4.78, 5) is 31.7. The molecule has 1 saturated heterocycles. The summed E-state index contributed by atoms with van der Waals surface area (Å²) in [5, 5.41) is 4.13.